The molecule has 5 nitrogen and oxygen atoms in total. The van der Waals surface area contributed by atoms with Crippen molar-refractivity contribution in [1.29, 1.82) is 0 Å². The molecule has 22 heavy (non-hydrogen) atoms. The van der Waals surface area contributed by atoms with Crippen molar-refractivity contribution < 1.29 is 24.5 Å². The Labute approximate surface area is 132 Å². The number of benzene rings is 2. The fourth-order valence-corrected chi connectivity index (χ4v) is 2.13. The Kier molecular flexibility index (Phi) is 5.12. The number of para-hydroxylation sites is 1. The average Bonchev–Trinajstić information content (AvgIpc) is 2.44. The number of esters is 1. The van der Waals surface area contributed by atoms with Crippen molar-refractivity contribution >= 4 is 17.6 Å². The summed E-state index contributed by atoms with van der Waals surface area (Å²) >= 11 is 5.93. The fourth-order valence-electron chi connectivity index (χ4n) is 1.94. The number of carbonyl (C=O) groups excluding carboxylic acids is 1. The number of phenolic OH excluding ortho intramolecular Hbond substituents is 2. The molecule has 0 atom stereocenters. The van der Waals surface area contributed by atoms with Crippen LogP contribution in [0.2, 0.25) is 5.02 Å². The maximum Gasteiger partial charge on any atom is 0.342 e. The van der Waals surface area contributed by atoms with Gasteiger partial charge in [-0.05, 0) is 30.7 Å². The molecule has 0 aliphatic heterocycles. The molecule has 0 aromatic heterocycles. The predicted molar refractivity (Wildman–Crippen MR) is 81.7 cm³/mol. The van der Waals surface area contributed by atoms with Crippen LogP contribution in [0.1, 0.15) is 15.9 Å². The standard InChI is InChI=1S/C16H15ClO5/c1-10-8-11(18)9-13(19)15(10)16(20)22-7-6-21-14-5-3-2-4-12(14)17/h2-5,8-9,18-19H,6-7H2,1H3. The Bertz CT molecular complexity index is 661. The molecule has 0 aliphatic carbocycles. The molecular formula is C16H15ClO5. The van der Waals surface area contributed by atoms with Crippen molar-refractivity contribution in [3.8, 4) is 17.2 Å². The van der Waals surface area contributed by atoms with E-state index in [9.17, 15) is 15.0 Å². The third-order valence-corrected chi connectivity index (χ3v) is 3.23. The van der Waals surface area contributed by atoms with Gasteiger partial charge in [0.05, 0.1) is 5.02 Å². The van der Waals surface area contributed by atoms with Crippen LogP contribution >= 0.6 is 11.6 Å². The van der Waals surface area contributed by atoms with Gasteiger partial charge in [0.25, 0.3) is 0 Å². The van der Waals surface area contributed by atoms with Gasteiger partial charge in [-0.15, -0.1) is 0 Å². The number of halogens is 1. The Morgan fingerprint density at radius 3 is 2.59 bits per heavy atom. The van der Waals surface area contributed by atoms with Gasteiger partial charge in [-0.2, -0.15) is 0 Å². The minimum Gasteiger partial charge on any atom is -0.508 e. The number of phenols is 2. The van der Waals surface area contributed by atoms with Crippen LogP contribution in [0.5, 0.6) is 17.2 Å². The minimum atomic E-state index is -0.683. The molecule has 0 bridgehead atoms. The van der Waals surface area contributed by atoms with E-state index in [-0.39, 0.29) is 30.3 Å². The summed E-state index contributed by atoms with van der Waals surface area (Å²) in [6.45, 7) is 1.73. The van der Waals surface area contributed by atoms with Gasteiger partial charge in [-0.25, -0.2) is 4.79 Å². The second-order valence-electron chi connectivity index (χ2n) is 4.57. The number of aromatic hydroxyl groups is 2. The van der Waals surface area contributed by atoms with E-state index in [0.29, 0.717) is 16.3 Å². The molecule has 0 radical (unpaired) electrons. The number of carbonyl (C=O) groups is 1. The first kappa shape index (κ1) is 16.0. The summed E-state index contributed by atoms with van der Waals surface area (Å²) in [7, 11) is 0. The molecule has 2 aromatic carbocycles. The van der Waals surface area contributed by atoms with Gasteiger partial charge in [0, 0.05) is 6.07 Å². The zero-order chi connectivity index (χ0) is 16.1. The summed E-state index contributed by atoms with van der Waals surface area (Å²) in [6, 6.07) is 9.43. The molecule has 116 valence electrons. The van der Waals surface area contributed by atoms with Crippen LogP contribution in [-0.4, -0.2) is 29.4 Å². The van der Waals surface area contributed by atoms with Crippen LogP contribution in [0.25, 0.3) is 0 Å². The van der Waals surface area contributed by atoms with E-state index in [1.807, 2.05) is 0 Å². The molecule has 0 spiro atoms. The second kappa shape index (κ2) is 7.04. The number of hydrogen-bond acceptors (Lipinski definition) is 5. The van der Waals surface area contributed by atoms with Gasteiger partial charge in [0.2, 0.25) is 0 Å². The van der Waals surface area contributed by atoms with Crippen molar-refractivity contribution in [3.63, 3.8) is 0 Å². The Balaban J connectivity index is 1.90. The lowest BCUT2D eigenvalue weighted by atomic mass is 10.1. The van der Waals surface area contributed by atoms with E-state index in [4.69, 9.17) is 21.1 Å². The Hall–Kier alpha value is -2.40. The largest absolute Gasteiger partial charge is 0.508 e. The lowest BCUT2D eigenvalue weighted by Gasteiger charge is -2.11. The highest BCUT2D eigenvalue weighted by Gasteiger charge is 2.17. The topological polar surface area (TPSA) is 76.0 Å². The van der Waals surface area contributed by atoms with Gasteiger partial charge in [-0.3, -0.25) is 0 Å². The highest BCUT2D eigenvalue weighted by Crippen LogP contribution is 2.27. The van der Waals surface area contributed by atoms with E-state index < -0.39 is 5.97 Å². The van der Waals surface area contributed by atoms with Crippen LogP contribution < -0.4 is 4.74 Å². The van der Waals surface area contributed by atoms with Gasteiger partial charge in [-0.1, -0.05) is 23.7 Å². The smallest absolute Gasteiger partial charge is 0.342 e. The zero-order valence-electron chi connectivity index (χ0n) is 11.9. The third-order valence-electron chi connectivity index (χ3n) is 2.91. The predicted octanol–water partition coefficient (Wildman–Crippen LogP) is 3.30. The summed E-state index contributed by atoms with van der Waals surface area (Å²) in [5, 5.41) is 19.5. The van der Waals surface area contributed by atoms with E-state index in [1.54, 1.807) is 31.2 Å². The van der Waals surface area contributed by atoms with Crippen molar-refractivity contribution in [2.45, 2.75) is 6.92 Å². The monoisotopic (exact) mass is 322 g/mol. The quantitative estimate of drug-likeness (QED) is 0.652. The molecule has 0 unspecified atom stereocenters. The zero-order valence-corrected chi connectivity index (χ0v) is 12.6. The van der Waals surface area contributed by atoms with Gasteiger partial charge in [0.1, 0.15) is 36.0 Å². The SMILES string of the molecule is Cc1cc(O)cc(O)c1C(=O)OCCOc1ccccc1Cl. The van der Waals surface area contributed by atoms with Crippen molar-refractivity contribution in [2.24, 2.45) is 0 Å². The van der Waals surface area contributed by atoms with Crippen molar-refractivity contribution in [2.75, 3.05) is 13.2 Å². The first-order valence-corrected chi connectivity index (χ1v) is 6.94. The summed E-state index contributed by atoms with van der Waals surface area (Å²) in [5.74, 6) is -0.621. The Morgan fingerprint density at radius 2 is 1.91 bits per heavy atom. The lowest BCUT2D eigenvalue weighted by Crippen LogP contribution is -2.13. The van der Waals surface area contributed by atoms with E-state index in [1.165, 1.54) is 6.07 Å². The van der Waals surface area contributed by atoms with Gasteiger partial charge in [0.15, 0.2) is 0 Å². The highest BCUT2D eigenvalue weighted by atomic mass is 35.5. The van der Waals surface area contributed by atoms with E-state index in [0.717, 1.165) is 6.07 Å². The first-order valence-electron chi connectivity index (χ1n) is 6.56. The van der Waals surface area contributed by atoms with Gasteiger partial charge >= 0.3 is 5.97 Å². The average molecular weight is 323 g/mol. The van der Waals surface area contributed by atoms with Crippen LogP contribution in [0.15, 0.2) is 36.4 Å². The molecule has 0 saturated heterocycles. The molecule has 0 amide bonds. The maximum absolute atomic E-state index is 11.9. The normalized spacial score (nSPS) is 10.3. The highest BCUT2D eigenvalue weighted by molar-refractivity contribution is 6.32. The molecule has 0 aliphatic rings. The molecule has 0 saturated carbocycles. The second-order valence-corrected chi connectivity index (χ2v) is 4.98. The Morgan fingerprint density at radius 1 is 1.18 bits per heavy atom. The maximum atomic E-state index is 11.9. The van der Waals surface area contributed by atoms with Gasteiger partial charge < -0.3 is 19.7 Å². The summed E-state index contributed by atoms with van der Waals surface area (Å²) < 4.78 is 10.4. The third kappa shape index (κ3) is 3.83. The van der Waals surface area contributed by atoms with Crippen LogP contribution in [-0.2, 0) is 4.74 Å². The molecule has 2 aromatic rings. The van der Waals surface area contributed by atoms with E-state index in [2.05, 4.69) is 0 Å². The fraction of sp³-hybridized carbons (Fsp3) is 0.188. The first-order chi connectivity index (χ1) is 10.5. The molecule has 0 fully saturated rings. The molecule has 2 rings (SSSR count). The molecule has 0 heterocycles. The number of rotatable bonds is 5. The summed E-state index contributed by atoms with van der Waals surface area (Å²) in [5.41, 5.74) is 0.449. The number of ether oxygens (including phenoxy) is 2. The lowest BCUT2D eigenvalue weighted by molar-refractivity contribution is 0.0446. The van der Waals surface area contributed by atoms with Crippen LogP contribution in [0.3, 0.4) is 0 Å². The van der Waals surface area contributed by atoms with Crippen molar-refractivity contribution in [3.05, 3.63) is 52.5 Å². The minimum absolute atomic E-state index is 0.00378. The van der Waals surface area contributed by atoms with Crippen LogP contribution in [0, 0.1) is 6.92 Å². The number of hydrogen-bond donors (Lipinski definition) is 2. The van der Waals surface area contributed by atoms with E-state index >= 15 is 0 Å². The van der Waals surface area contributed by atoms with Crippen molar-refractivity contribution in [1.82, 2.24) is 0 Å². The molecule has 2 N–H and O–H groups in total. The summed E-state index contributed by atoms with van der Waals surface area (Å²) in [4.78, 5) is 11.9. The summed E-state index contributed by atoms with van der Waals surface area (Å²) in [6.07, 6.45) is 0. The molecule has 6 heteroatoms. The van der Waals surface area contributed by atoms with Crippen LogP contribution in [0.4, 0.5) is 0 Å². The number of aryl methyl sites for hydroxylation is 1. The molecular weight excluding hydrogens is 308 g/mol.